The van der Waals surface area contributed by atoms with Gasteiger partial charge in [0.1, 0.15) is 11.3 Å². The molecule has 8 aromatic carbocycles. The Labute approximate surface area is 277 Å². The topological polar surface area (TPSA) is 26.3 Å². The van der Waals surface area contributed by atoms with Crippen LogP contribution in [0.25, 0.3) is 99.2 Å². The van der Waals surface area contributed by atoms with Gasteiger partial charge in [0.15, 0.2) is 11.2 Å². The number of rotatable bonds is 4. The molecule has 10 rings (SSSR count). The lowest BCUT2D eigenvalue weighted by Crippen LogP contribution is -1.92. The lowest BCUT2D eigenvalue weighted by Gasteiger charge is -2.18. The van der Waals surface area contributed by atoms with Gasteiger partial charge in [0.05, 0.1) is 0 Å². The van der Waals surface area contributed by atoms with Gasteiger partial charge in [0.2, 0.25) is 0 Å². The molecule has 2 heterocycles. The Morgan fingerprint density at radius 3 is 1.46 bits per heavy atom. The molecule has 2 heteroatoms. The molecule has 0 aliphatic rings. The van der Waals surface area contributed by atoms with E-state index < -0.39 is 0 Å². The number of furan rings is 2. The molecule has 2 aromatic heterocycles. The summed E-state index contributed by atoms with van der Waals surface area (Å²) in [6, 6.07) is 60.2. The van der Waals surface area contributed by atoms with Crippen LogP contribution in [0.2, 0.25) is 0 Å². The second-order valence-corrected chi connectivity index (χ2v) is 12.4. The third-order valence-corrected chi connectivity index (χ3v) is 9.68. The average molecular weight is 613 g/mol. The van der Waals surface area contributed by atoms with Crippen molar-refractivity contribution in [2.45, 2.75) is 0 Å². The fourth-order valence-electron chi connectivity index (χ4n) is 7.57. The van der Waals surface area contributed by atoms with E-state index in [9.17, 15) is 0 Å². The van der Waals surface area contributed by atoms with Crippen LogP contribution in [0.1, 0.15) is 0 Å². The third kappa shape index (κ3) is 4.00. The minimum Gasteiger partial charge on any atom is -0.452 e. The van der Waals surface area contributed by atoms with Crippen molar-refractivity contribution in [2.24, 2.45) is 0 Å². The van der Waals surface area contributed by atoms with Crippen LogP contribution in [0.4, 0.5) is 0 Å². The van der Waals surface area contributed by atoms with Crippen LogP contribution in [-0.4, -0.2) is 0 Å². The molecule has 0 fully saturated rings. The van der Waals surface area contributed by atoms with Gasteiger partial charge in [-0.15, -0.1) is 0 Å². The maximum absolute atomic E-state index is 6.97. The molecule has 0 saturated heterocycles. The summed E-state index contributed by atoms with van der Waals surface area (Å²) >= 11 is 0. The SMILES string of the molecule is c1ccc(-c2cccc(-c3c4ccccc4c(-c4c(-c5ccccc5)oc5c4ccc4c6ccccc6oc45)c4ccccc34)c2)cc1. The van der Waals surface area contributed by atoms with Crippen LogP contribution in [0, 0.1) is 0 Å². The first kappa shape index (κ1) is 26.8. The highest BCUT2D eigenvalue weighted by atomic mass is 16.4. The Morgan fingerprint density at radius 2 is 0.771 bits per heavy atom. The first-order valence-electron chi connectivity index (χ1n) is 16.4. The molecule has 0 radical (unpaired) electrons. The molecular weight excluding hydrogens is 585 g/mol. The normalized spacial score (nSPS) is 11.8. The Morgan fingerprint density at radius 1 is 0.271 bits per heavy atom. The van der Waals surface area contributed by atoms with Crippen molar-refractivity contribution < 1.29 is 8.83 Å². The lowest BCUT2D eigenvalue weighted by atomic mass is 9.84. The summed E-state index contributed by atoms with van der Waals surface area (Å²) in [6.07, 6.45) is 0. The van der Waals surface area contributed by atoms with Crippen molar-refractivity contribution in [3.8, 4) is 44.7 Å². The molecule has 0 amide bonds. The zero-order valence-corrected chi connectivity index (χ0v) is 26.0. The van der Waals surface area contributed by atoms with Gasteiger partial charge >= 0.3 is 0 Å². The van der Waals surface area contributed by atoms with E-state index in [0.717, 1.165) is 55.4 Å². The fourth-order valence-corrected chi connectivity index (χ4v) is 7.57. The monoisotopic (exact) mass is 612 g/mol. The Balaban J connectivity index is 1.34. The van der Waals surface area contributed by atoms with Crippen LogP contribution in [0.15, 0.2) is 179 Å². The van der Waals surface area contributed by atoms with Gasteiger partial charge in [0.25, 0.3) is 0 Å². The zero-order chi connectivity index (χ0) is 31.6. The van der Waals surface area contributed by atoms with Gasteiger partial charge in [-0.05, 0) is 68.1 Å². The minimum absolute atomic E-state index is 0.769. The maximum Gasteiger partial charge on any atom is 0.178 e. The van der Waals surface area contributed by atoms with E-state index in [1.807, 2.05) is 18.2 Å². The van der Waals surface area contributed by atoms with E-state index in [4.69, 9.17) is 8.83 Å². The minimum atomic E-state index is 0.769. The highest BCUT2D eigenvalue weighted by Gasteiger charge is 2.26. The number of hydrogen-bond donors (Lipinski definition) is 0. The Bertz CT molecular complexity index is 2760. The summed E-state index contributed by atoms with van der Waals surface area (Å²) in [5.74, 6) is 0.840. The second kappa shape index (κ2) is 10.6. The molecule has 0 aliphatic heterocycles. The van der Waals surface area contributed by atoms with Crippen molar-refractivity contribution >= 4 is 54.5 Å². The smallest absolute Gasteiger partial charge is 0.178 e. The standard InChI is InChI=1S/C46H28O2/c1-3-14-29(15-4-1)31-18-13-19-32(28-31)41-34-21-7-9-23-36(34)42(37-24-10-8-22-35(37)41)43-39-27-26-38-33-20-11-12-25-40(33)47-45(38)46(39)48-44(43)30-16-5-2-6-17-30/h1-28H. The molecule has 0 saturated carbocycles. The van der Waals surface area contributed by atoms with Gasteiger partial charge < -0.3 is 8.83 Å². The number of benzene rings is 8. The second-order valence-electron chi connectivity index (χ2n) is 12.4. The van der Waals surface area contributed by atoms with Gasteiger partial charge in [-0.3, -0.25) is 0 Å². The molecule has 48 heavy (non-hydrogen) atoms. The summed E-state index contributed by atoms with van der Waals surface area (Å²) in [6.45, 7) is 0. The average Bonchev–Trinajstić information content (AvgIpc) is 3.73. The predicted octanol–water partition coefficient (Wildman–Crippen LogP) is 13.3. The van der Waals surface area contributed by atoms with Gasteiger partial charge in [-0.1, -0.05) is 146 Å². The first-order chi connectivity index (χ1) is 23.8. The molecule has 0 atom stereocenters. The maximum atomic E-state index is 6.97. The molecule has 0 N–H and O–H groups in total. The van der Waals surface area contributed by atoms with E-state index in [1.54, 1.807) is 0 Å². The fraction of sp³-hybridized carbons (Fsp3) is 0. The molecule has 10 aromatic rings. The van der Waals surface area contributed by atoms with E-state index in [1.165, 1.54) is 43.8 Å². The van der Waals surface area contributed by atoms with E-state index >= 15 is 0 Å². The van der Waals surface area contributed by atoms with Crippen molar-refractivity contribution in [3.05, 3.63) is 170 Å². The molecule has 0 unspecified atom stereocenters. The Hall–Kier alpha value is -6.38. The zero-order valence-electron chi connectivity index (χ0n) is 26.0. The largest absolute Gasteiger partial charge is 0.452 e. The summed E-state index contributed by atoms with van der Waals surface area (Å²) in [5, 5.41) is 7.95. The van der Waals surface area contributed by atoms with Crippen LogP contribution in [0.5, 0.6) is 0 Å². The van der Waals surface area contributed by atoms with Gasteiger partial charge in [-0.2, -0.15) is 0 Å². The predicted molar refractivity (Wildman–Crippen MR) is 200 cm³/mol. The summed E-state index contributed by atoms with van der Waals surface area (Å²) in [5.41, 5.74) is 10.5. The van der Waals surface area contributed by atoms with Crippen molar-refractivity contribution in [1.82, 2.24) is 0 Å². The number of para-hydroxylation sites is 1. The summed E-state index contributed by atoms with van der Waals surface area (Å²) in [7, 11) is 0. The lowest BCUT2D eigenvalue weighted by molar-refractivity contribution is 0.612. The number of hydrogen-bond acceptors (Lipinski definition) is 2. The van der Waals surface area contributed by atoms with Crippen molar-refractivity contribution in [1.29, 1.82) is 0 Å². The third-order valence-electron chi connectivity index (χ3n) is 9.68. The van der Waals surface area contributed by atoms with Crippen LogP contribution in [0.3, 0.4) is 0 Å². The van der Waals surface area contributed by atoms with Crippen LogP contribution >= 0.6 is 0 Å². The highest BCUT2D eigenvalue weighted by molar-refractivity contribution is 6.26. The van der Waals surface area contributed by atoms with Crippen molar-refractivity contribution in [2.75, 3.05) is 0 Å². The summed E-state index contributed by atoms with van der Waals surface area (Å²) in [4.78, 5) is 0. The Kier molecular flexibility index (Phi) is 5.91. The van der Waals surface area contributed by atoms with Crippen LogP contribution in [-0.2, 0) is 0 Å². The van der Waals surface area contributed by atoms with Gasteiger partial charge in [0, 0.05) is 32.8 Å². The number of fused-ring (bicyclic) bond motifs is 7. The van der Waals surface area contributed by atoms with Crippen molar-refractivity contribution in [3.63, 3.8) is 0 Å². The summed E-state index contributed by atoms with van der Waals surface area (Å²) < 4.78 is 13.5. The molecular formula is C46H28O2. The molecule has 224 valence electrons. The van der Waals surface area contributed by atoms with Gasteiger partial charge in [-0.25, -0.2) is 0 Å². The molecule has 0 bridgehead atoms. The van der Waals surface area contributed by atoms with E-state index in [2.05, 4.69) is 152 Å². The van der Waals surface area contributed by atoms with E-state index in [-0.39, 0.29) is 0 Å². The molecule has 0 spiro atoms. The molecule has 2 nitrogen and oxygen atoms in total. The van der Waals surface area contributed by atoms with E-state index in [0.29, 0.717) is 0 Å². The first-order valence-corrected chi connectivity index (χ1v) is 16.4. The quantitative estimate of drug-likeness (QED) is 0.185. The molecule has 0 aliphatic carbocycles. The highest BCUT2D eigenvalue weighted by Crippen LogP contribution is 2.51. The van der Waals surface area contributed by atoms with Crippen LogP contribution < -0.4 is 0 Å².